The summed E-state index contributed by atoms with van der Waals surface area (Å²) < 4.78 is 21.9. The van der Waals surface area contributed by atoms with Crippen molar-refractivity contribution in [2.45, 2.75) is 70.6 Å². The number of nitrogens with one attached hydrogen (secondary N) is 1. The maximum Gasteiger partial charge on any atom is 0.418 e. The molecule has 3 amide bonds. The van der Waals surface area contributed by atoms with E-state index in [4.69, 9.17) is 18.9 Å². The first-order valence-corrected chi connectivity index (χ1v) is 17.1. The molecule has 0 unspecified atom stereocenters. The summed E-state index contributed by atoms with van der Waals surface area (Å²) >= 11 is 3.06. The number of alkyl halides is 1. The van der Waals surface area contributed by atoms with Gasteiger partial charge in [-0.2, -0.15) is 0 Å². The molecule has 14 heteroatoms. The van der Waals surface area contributed by atoms with Crippen molar-refractivity contribution in [2.24, 2.45) is 0 Å². The smallest absolute Gasteiger partial charge is 0.418 e. The number of benzene rings is 3. The summed E-state index contributed by atoms with van der Waals surface area (Å²) in [5, 5.41) is 12.3. The second kappa shape index (κ2) is 19.3. The highest BCUT2D eigenvalue weighted by Crippen LogP contribution is 2.31. The average Bonchev–Trinajstić information content (AvgIpc) is 3.12. The Morgan fingerprint density at radius 1 is 0.725 bits per heavy atom. The number of hydrogen-bond acceptors (Lipinski definition) is 11. The van der Waals surface area contributed by atoms with E-state index >= 15 is 0 Å². The molecule has 0 bridgehead atoms. The lowest BCUT2D eigenvalue weighted by atomic mass is 9.89. The number of ketones is 1. The predicted octanol–water partition coefficient (Wildman–Crippen LogP) is 5.01. The Hall–Kier alpha value is -5.08. The molecule has 2 N–H and O–H groups in total. The Kier molecular flexibility index (Phi) is 15.3. The predicted molar refractivity (Wildman–Crippen MR) is 187 cm³/mol. The molecule has 0 aromatic heterocycles. The fourth-order valence-electron chi connectivity index (χ4n) is 4.64. The van der Waals surface area contributed by atoms with Crippen LogP contribution in [0.2, 0.25) is 0 Å². The Balaban J connectivity index is 2.13. The van der Waals surface area contributed by atoms with E-state index in [2.05, 4.69) is 21.2 Å². The molecule has 2 atom stereocenters. The lowest BCUT2D eigenvalue weighted by Gasteiger charge is -2.40. The number of carbonyl (C=O) groups excluding carboxylic acids is 6. The number of rotatable bonds is 16. The number of nitrogens with zero attached hydrogens (tertiary/aromatic N) is 1. The molecule has 0 saturated heterocycles. The SMILES string of the molecule is CC(C)(C)OC(=O)[C@@](CCC(=O)CBr)(C(=O)OCc1ccccc1)N(C(=O)OCc1ccccc1)C(=O)[C@H](CO)NC(=O)OCc1ccccc1. The van der Waals surface area contributed by atoms with E-state index in [-0.39, 0.29) is 16.8 Å². The van der Waals surface area contributed by atoms with Crippen molar-refractivity contribution in [2.75, 3.05) is 11.9 Å². The number of alkyl carbamates (subject to hydrolysis) is 1. The van der Waals surface area contributed by atoms with Crippen molar-refractivity contribution >= 4 is 51.7 Å². The van der Waals surface area contributed by atoms with Gasteiger partial charge in [-0.05, 0) is 43.9 Å². The Morgan fingerprint density at radius 2 is 1.20 bits per heavy atom. The monoisotopic (exact) mass is 768 g/mol. The molecule has 51 heavy (non-hydrogen) atoms. The second-order valence-electron chi connectivity index (χ2n) is 12.3. The number of amides is 3. The number of hydrogen-bond donors (Lipinski definition) is 2. The van der Waals surface area contributed by atoms with Crippen LogP contribution in [0.15, 0.2) is 91.0 Å². The average molecular weight is 770 g/mol. The van der Waals surface area contributed by atoms with Gasteiger partial charge in [0.15, 0.2) is 0 Å². The van der Waals surface area contributed by atoms with Crippen LogP contribution in [0, 0.1) is 0 Å². The van der Waals surface area contributed by atoms with E-state index < -0.39 is 85.7 Å². The van der Waals surface area contributed by atoms with Gasteiger partial charge in [-0.25, -0.2) is 24.1 Å². The fraction of sp³-hybridized carbons (Fsp3) is 0.351. The number of halogens is 1. The van der Waals surface area contributed by atoms with E-state index in [0.29, 0.717) is 16.7 Å². The Morgan fingerprint density at radius 3 is 1.65 bits per heavy atom. The van der Waals surface area contributed by atoms with Crippen LogP contribution in [0.4, 0.5) is 9.59 Å². The molecule has 0 aliphatic rings. The molecule has 3 aromatic rings. The van der Waals surface area contributed by atoms with Gasteiger partial charge in [0.05, 0.1) is 11.9 Å². The number of carbonyl (C=O) groups is 6. The van der Waals surface area contributed by atoms with Gasteiger partial charge in [0.2, 0.25) is 5.54 Å². The molecule has 0 fully saturated rings. The lowest BCUT2D eigenvalue weighted by Crippen LogP contribution is -2.69. The fourth-order valence-corrected chi connectivity index (χ4v) is 4.92. The van der Waals surface area contributed by atoms with Crippen LogP contribution in [-0.2, 0) is 57.9 Å². The van der Waals surface area contributed by atoms with Crippen molar-refractivity contribution in [3.05, 3.63) is 108 Å². The van der Waals surface area contributed by atoms with E-state index in [0.717, 1.165) is 0 Å². The van der Waals surface area contributed by atoms with Gasteiger partial charge in [-0.15, -0.1) is 0 Å². The Labute approximate surface area is 304 Å². The highest BCUT2D eigenvalue weighted by Gasteiger charge is 2.60. The van der Waals surface area contributed by atoms with Crippen LogP contribution in [0.3, 0.4) is 0 Å². The van der Waals surface area contributed by atoms with E-state index in [1.807, 2.05) is 0 Å². The van der Waals surface area contributed by atoms with Crippen LogP contribution in [0.25, 0.3) is 0 Å². The number of ether oxygens (including phenoxy) is 4. The summed E-state index contributed by atoms with van der Waals surface area (Å²) in [5.41, 5.74) is -2.65. The standard InChI is InChI=1S/C37H41BrN2O11/c1-36(2,3)51-33(45)37(20-19-29(42)21-38,32(44)48-23-26-13-7-4-8-14-26)40(35(47)50-25-28-17-11-6-12-18-28)31(43)30(22-41)39-34(46)49-24-27-15-9-5-10-16-27/h4-18,30,41H,19-25H2,1-3H3,(H,39,46)/t30-,37+/m0/s1. The molecule has 0 aliphatic carbocycles. The molecule has 0 spiro atoms. The quantitative estimate of drug-likeness (QED) is 0.0868. The van der Waals surface area contributed by atoms with E-state index in [9.17, 15) is 33.9 Å². The molecule has 0 saturated carbocycles. The molecular weight excluding hydrogens is 728 g/mol. The third-order valence-corrected chi connectivity index (χ3v) is 7.80. The summed E-state index contributed by atoms with van der Waals surface area (Å²) in [6.45, 7) is 2.37. The number of aliphatic hydroxyl groups excluding tert-OH is 1. The molecule has 0 radical (unpaired) electrons. The van der Waals surface area contributed by atoms with Crippen molar-refractivity contribution in [3.63, 3.8) is 0 Å². The number of aliphatic hydroxyl groups is 1. The second-order valence-corrected chi connectivity index (χ2v) is 12.8. The van der Waals surface area contributed by atoms with Gasteiger partial charge in [0.1, 0.15) is 37.2 Å². The third-order valence-electron chi connectivity index (χ3n) is 7.18. The summed E-state index contributed by atoms with van der Waals surface area (Å²) in [4.78, 5) is 82.9. The van der Waals surface area contributed by atoms with Crippen LogP contribution in [0.5, 0.6) is 0 Å². The maximum atomic E-state index is 14.4. The first kappa shape index (κ1) is 40.4. The van der Waals surface area contributed by atoms with Gasteiger partial charge in [-0.1, -0.05) is 107 Å². The topological polar surface area (TPSA) is 175 Å². The molecule has 13 nitrogen and oxygen atoms in total. The maximum absolute atomic E-state index is 14.4. The van der Waals surface area contributed by atoms with Gasteiger partial charge in [0.25, 0.3) is 5.91 Å². The molecule has 0 aliphatic heterocycles. The summed E-state index contributed by atoms with van der Waals surface area (Å²) in [6, 6.07) is 23.4. The largest absolute Gasteiger partial charge is 0.459 e. The van der Waals surface area contributed by atoms with Gasteiger partial charge in [-0.3, -0.25) is 9.59 Å². The van der Waals surface area contributed by atoms with Gasteiger partial charge in [0, 0.05) is 6.42 Å². The first-order valence-electron chi connectivity index (χ1n) is 16.0. The minimum atomic E-state index is -2.98. The van der Waals surface area contributed by atoms with Gasteiger partial charge < -0.3 is 29.4 Å². The highest BCUT2D eigenvalue weighted by atomic mass is 79.9. The van der Waals surface area contributed by atoms with Crippen LogP contribution < -0.4 is 5.32 Å². The highest BCUT2D eigenvalue weighted by molar-refractivity contribution is 9.09. The minimum Gasteiger partial charge on any atom is -0.459 e. The van der Waals surface area contributed by atoms with Crippen molar-refractivity contribution < 1.29 is 52.8 Å². The molecule has 3 aromatic carbocycles. The summed E-state index contributed by atoms with van der Waals surface area (Å²) in [6.07, 6.45) is -3.98. The lowest BCUT2D eigenvalue weighted by molar-refractivity contribution is -0.186. The zero-order chi connectivity index (χ0) is 37.4. The Bertz CT molecular complexity index is 1630. The summed E-state index contributed by atoms with van der Waals surface area (Å²) in [7, 11) is 0. The van der Waals surface area contributed by atoms with Gasteiger partial charge >= 0.3 is 24.1 Å². The molecule has 0 heterocycles. The van der Waals surface area contributed by atoms with Crippen LogP contribution in [-0.4, -0.2) is 74.9 Å². The number of imide groups is 1. The van der Waals surface area contributed by atoms with E-state index in [1.165, 1.54) is 20.8 Å². The van der Waals surface area contributed by atoms with Crippen molar-refractivity contribution in [3.8, 4) is 0 Å². The summed E-state index contributed by atoms with van der Waals surface area (Å²) in [5.74, 6) is -4.77. The molecular formula is C37H41BrN2O11. The zero-order valence-electron chi connectivity index (χ0n) is 28.5. The molecule has 3 rings (SSSR count). The molecule has 272 valence electrons. The van der Waals surface area contributed by atoms with Crippen molar-refractivity contribution in [1.82, 2.24) is 10.2 Å². The van der Waals surface area contributed by atoms with Crippen molar-refractivity contribution in [1.29, 1.82) is 0 Å². The van der Waals surface area contributed by atoms with E-state index in [1.54, 1.807) is 91.0 Å². The van der Waals surface area contributed by atoms with Crippen LogP contribution >= 0.6 is 15.9 Å². The number of esters is 2. The zero-order valence-corrected chi connectivity index (χ0v) is 30.1. The first-order chi connectivity index (χ1) is 24.3. The van der Waals surface area contributed by atoms with Crippen LogP contribution in [0.1, 0.15) is 50.3 Å². The minimum absolute atomic E-state index is 0.164. The number of Topliss-reactive ketones (excluding diaryl/α,β-unsaturated/α-hetero) is 1. The third kappa shape index (κ3) is 12.0. The normalized spacial score (nSPS) is 12.7.